The van der Waals surface area contributed by atoms with Crippen molar-refractivity contribution in [2.45, 2.75) is 64.7 Å². The average Bonchev–Trinajstić information content (AvgIpc) is 3.41. The number of halogens is 2. The van der Waals surface area contributed by atoms with Crippen LogP contribution in [0.2, 0.25) is 0 Å². The number of ether oxygens (including phenoxy) is 2. The number of imidazole rings is 1. The van der Waals surface area contributed by atoms with Gasteiger partial charge in [0.05, 0.1) is 47.6 Å². The first-order chi connectivity index (χ1) is 22.2. The number of nitrogens with zero attached hydrogens (tertiary/aromatic N) is 5. The van der Waals surface area contributed by atoms with Crippen LogP contribution in [0.25, 0.3) is 11.0 Å². The van der Waals surface area contributed by atoms with E-state index in [4.69, 9.17) is 19.7 Å². The number of carboxylic acids is 1. The summed E-state index contributed by atoms with van der Waals surface area (Å²) in [6.07, 6.45) is 3.64. The Hall–Kier alpha value is -4.56. The second-order valence-corrected chi connectivity index (χ2v) is 12.0. The maximum absolute atomic E-state index is 14.3. The maximum atomic E-state index is 14.3. The number of anilines is 1. The zero-order valence-corrected chi connectivity index (χ0v) is 26.2. The summed E-state index contributed by atoms with van der Waals surface area (Å²) < 4.78 is 41.5. The lowest BCUT2D eigenvalue weighted by Crippen LogP contribution is -2.32. The first-order valence-corrected chi connectivity index (χ1v) is 15.7. The summed E-state index contributed by atoms with van der Waals surface area (Å²) >= 11 is 0. The molecule has 4 aromatic rings. The Morgan fingerprint density at radius 2 is 2.02 bits per heavy atom. The number of carboxylic acid groups (broad SMARTS) is 1. The number of aromatic nitrogens is 3. The van der Waals surface area contributed by atoms with Crippen molar-refractivity contribution in [1.29, 1.82) is 5.26 Å². The van der Waals surface area contributed by atoms with Gasteiger partial charge in [-0.25, -0.2) is 14.2 Å². The molecule has 2 aromatic heterocycles. The van der Waals surface area contributed by atoms with Gasteiger partial charge in [-0.3, -0.25) is 4.39 Å². The molecule has 0 bridgehead atoms. The zero-order chi connectivity index (χ0) is 32.6. The van der Waals surface area contributed by atoms with Gasteiger partial charge in [-0.15, -0.1) is 0 Å². The standard InChI is InChI=1S/C35H39F2N5O4/c1-23(18-36)20-41(32-7-5-8-33(40-32)46-22-27-10-9-25(19-38)16-29(27)37)14-4-3-6-24(2)34-39-30-12-11-26(35(43)44)17-31(30)42(34)21-28-13-15-45-28/h5,7-12,16-17,23-24,28H,3-4,6,13-15,18,20-22H2,1-2H3,(H,43,44)/t23-,24+,28-/m0/s1. The third-order valence-electron chi connectivity index (χ3n) is 8.35. The summed E-state index contributed by atoms with van der Waals surface area (Å²) in [6, 6.07) is 16.6. The van der Waals surface area contributed by atoms with Crippen molar-refractivity contribution in [3.8, 4) is 11.9 Å². The summed E-state index contributed by atoms with van der Waals surface area (Å²) in [5, 5.41) is 18.5. The Morgan fingerprint density at radius 1 is 1.20 bits per heavy atom. The number of fused-ring (bicyclic) bond motifs is 1. The highest BCUT2D eigenvalue weighted by Gasteiger charge is 2.24. The van der Waals surface area contributed by atoms with E-state index in [-0.39, 0.29) is 35.7 Å². The molecule has 0 aliphatic carbocycles. The first-order valence-electron chi connectivity index (χ1n) is 15.7. The predicted octanol–water partition coefficient (Wildman–Crippen LogP) is 6.89. The van der Waals surface area contributed by atoms with E-state index in [0.717, 1.165) is 49.1 Å². The minimum atomic E-state index is -0.970. The van der Waals surface area contributed by atoms with Crippen molar-refractivity contribution < 1.29 is 28.2 Å². The highest BCUT2D eigenvalue weighted by atomic mass is 19.1. The second kappa shape index (κ2) is 15.1. The van der Waals surface area contributed by atoms with Gasteiger partial charge in [0, 0.05) is 43.2 Å². The fourth-order valence-corrected chi connectivity index (χ4v) is 5.63. The third kappa shape index (κ3) is 7.98. The van der Waals surface area contributed by atoms with Crippen LogP contribution in [0.3, 0.4) is 0 Å². The Balaban J connectivity index is 1.23. The summed E-state index contributed by atoms with van der Waals surface area (Å²) in [5.41, 5.74) is 2.37. The van der Waals surface area contributed by atoms with Gasteiger partial charge in [0.2, 0.25) is 5.88 Å². The molecule has 1 N–H and O–H groups in total. The number of rotatable bonds is 16. The van der Waals surface area contributed by atoms with Crippen LogP contribution in [-0.4, -0.2) is 58.1 Å². The fourth-order valence-electron chi connectivity index (χ4n) is 5.63. The average molecular weight is 632 g/mol. The molecule has 3 heterocycles. The minimum absolute atomic E-state index is 0.0397. The van der Waals surface area contributed by atoms with Gasteiger partial charge in [0.1, 0.15) is 24.1 Å². The van der Waals surface area contributed by atoms with Crippen molar-refractivity contribution in [3.05, 3.63) is 82.9 Å². The second-order valence-electron chi connectivity index (χ2n) is 12.0. The molecule has 5 rings (SSSR count). The Morgan fingerprint density at radius 3 is 2.72 bits per heavy atom. The molecule has 0 amide bonds. The topological polar surface area (TPSA) is 114 Å². The Bertz CT molecular complexity index is 1700. The molecule has 0 unspecified atom stereocenters. The van der Waals surface area contributed by atoms with Gasteiger partial charge >= 0.3 is 5.97 Å². The fraction of sp³-hybridized carbons (Fsp3) is 0.429. The van der Waals surface area contributed by atoms with E-state index < -0.39 is 18.5 Å². The number of nitriles is 1. The van der Waals surface area contributed by atoms with Gasteiger partial charge < -0.3 is 24.0 Å². The zero-order valence-electron chi connectivity index (χ0n) is 26.2. The van der Waals surface area contributed by atoms with E-state index in [1.807, 2.05) is 25.1 Å². The number of pyridine rings is 1. The highest BCUT2D eigenvalue weighted by Crippen LogP contribution is 2.29. The molecule has 1 saturated heterocycles. The van der Waals surface area contributed by atoms with Gasteiger partial charge in [0.15, 0.2) is 0 Å². The lowest BCUT2D eigenvalue weighted by atomic mass is 10.0. The predicted molar refractivity (Wildman–Crippen MR) is 170 cm³/mol. The molecule has 9 nitrogen and oxygen atoms in total. The number of alkyl halides is 1. The van der Waals surface area contributed by atoms with Crippen LogP contribution in [0.15, 0.2) is 54.6 Å². The molecule has 1 aliphatic heterocycles. The van der Waals surface area contributed by atoms with Gasteiger partial charge in [-0.05, 0) is 55.7 Å². The molecular formula is C35H39F2N5O4. The van der Waals surface area contributed by atoms with E-state index in [2.05, 4.69) is 21.4 Å². The molecule has 46 heavy (non-hydrogen) atoms. The largest absolute Gasteiger partial charge is 0.478 e. The van der Waals surface area contributed by atoms with Crippen molar-refractivity contribution in [1.82, 2.24) is 14.5 Å². The summed E-state index contributed by atoms with van der Waals surface area (Å²) in [6.45, 7) is 6.01. The van der Waals surface area contributed by atoms with Crippen LogP contribution in [0.1, 0.15) is 72.8 Å². The molecule has 1 fully saturated rings. The maximum Gasteiger partial charge on any atom is 0.335 e. The third-order valence-corrected chi connectivity index (χ3v) is 8.35. The quantitative estimate of drug-likeness (QED) is 0.133. The molecule has 2 aromatic carbocycles. The van der Waals surface area contributed by atoms with Gasteiger partial charge in [0.25, 0.3) is 0 Å². The van der Waals surface area contributed by atoms with Crippen LogP contribution in [0.4, 0.5) is 14.6 Å². The lowest BCUT2D eigenvalue weighted by molar-refractivity contribution is -0.0591. The van der Waals surface area contributed by atoms with Gasteiger partial charge in [-0.1, -0.05) is 32.4 Å². The number of benzene rings is 2. The number of unbranched alkanes of at least 4 members (excludes halogenated alkanes) is 1. The van der Waals surface area contributed by atoms with Crippen LogP contribution in [0.5, 0.6) is 5.88 Å². The molecule has 242 valence electrons. The smallest absolute Gasteiger partial charge is 0.335 e. The van der Waals surface area contributed by atoms with Crippen molar-refractivity contribution >= 4 is 22.8 Å². The molecule has 1 aliphatic rings. The molecule has 3 atom stereocenters. The monoisotopic (exact) mass is 631 g/mol. The molecule has 0 saturated carbocycles. The summed E-state index contributed by atoms with van der Waals surface area (Å²) in [4.78, 5) is 23.2. The van der Waals surface area contributed by atoms with E-state index in [0.29, 0.717) is 36.9 Å². The lowest BCUT2D eigenvalue weighted by Gasteiger charge is -2.28. The van der Waals surface area contributed by atoms with Crippen LogP contribution in [-0.2, 0) is 17.9 Å². The Labute approximate surface area is 267 Å². The molecule has 0 radical (unpaired) electrons. The van der Waals surface area contributed by atoms with E-state index in [1.165, 1.54) is 12.1 Å². The highest BCUT2D eigenvalue weighted by molar-refractivity contribution is 5.92. The number of carbonyl (C=O) groups is 1. The Kier molecular flexibility index (Phi) is 10.8. The normalized spacial score (nSPS) is 15.6. The van der Waals surface area contributed by atoms with Crippen molar-refractivity contribution in [2.24, 2.45) is 5.92 Å². The van der Waals surface area contributed by atoms with Crippen LogP contribution < -0.4 is 9.64 Å². The number of hydrogen-bond acceptors (Lipinski definition) is 7. The minimum Gasteiger partial charge on any atom is -0.478 e. The van der Waals surface area contributed by atoms with Crippen molar-refractivity contribution in [2.75, 3.05) is 31.3 Å². The number of hydrogen-bond donors (Lipinski definition) is 1. The first kappa shape index (κ1) is 32.8. The van der Waals surface area contributed by atoms with E-state index in [9.17, 15) is 18.7 Å². The number of aromatic carboxylic acids is 1. The van der Waals surface area contributed by atoms with E-state index in [1.54, 1.807) is 30.3 Å². The van der Waals surface area contributed by atoms with Crippen LogP contribution >= 0.6 is 0 Å². The molecule has 0 spiro atoms. The SMILES string of the molecule is C[C@@H](CF)CN(CCCC[C@@H](C)c1nc2ccc(C(=O)O)cc2n1C[C@@H]1CCO1)c1cccc(OCc2ccc(C#N)cc2F)n1. The molecule has 11 heteroatoms. The van der Waals surface area contributed by atoms with Gasteiger partial charge in [-0.2, -0.15) is 10.2 Å². The van der Waals surface area contributed by atoms with Crippen LogP contribution in [0, 0.1) is 23.1 Å². The van der Waals surface area contributed by atoms with Crippen molar-refractivity contribution in [3.63, 3.8) is 0 Å². The summed E-state index contributed by atoms with van der Waals surface area (Å²) in [5.74, 6) is 0.346. The van der Waals surface area contributed by atoms with E-state index >= 15 is 0 Å². The summed E-state index contributed by atoms with van der Waals surface area (Å²) in [7, 11) is 0. The molecular weight excluding hydrogens is 592 g/mol.